The van der Waals surface area contributed by atoms with E-state index in [0.29, 0.717) is 16.5 Å². The van der Waals surface area contributed by atoms with E-state index in [1.165, 1.54) is 0 Å². The zero-order chi connectivity index (χ0) is 18.0. The van der Waals surface area contributed by atoms with Crippen molar-refractivity contribution < 1.29 is 4.79 Å². The van der Waals surface area contributed by atoms with Crippen LogP contribution < -0.4 is 0 Å². The van der Waals surface area contributed by atoms with Crippen LogP contribution in [0.25, 0.3) is 5.69 Å². The maximum atomic E-state index is 12.8. The summed E-state index contributed by atoms with van der Waals surface area (Å²) in [5, 5.41) is 4.89. The molecular formula is C18H18ClN5O. The van der Waals surface area contributed by atoms with Crippen molar-refractivity contribution in [2.75, 3.05) is 7.05 Å². The normalized spacial score (nSPS) is 12.0. The lowest BCUT2D eigenvalue weighted by Gasteiger charge is -2.23. The van der Waals surface area contributed by atoms with Gasteiger partial charge < -0.3 is 4.90 Å². The van der Waals surface area contributed by atoms with Crippen molar-refractivity contribution in [3.63, 3.8) is 0 Å². The van der Waals surface area contributed by atoms with E-state index in [9.17, 15) is 4.79 Å². The summed E-state index contributed by atoms with van der Waals surface area (Å²) in [5.74, 6) is 0.449. The van der Waals surface area contributed by atoms with Crippen molar-refractivity contribution in [3.05, 3.63) is 71.0 Å². The molecule has 0 fully saturated rings. The highest BCUT2D eigenvalue weighted by molar-refractivity contribution is 6.32. The minimum Gasteiger partial charge on any atom is -0.331 e. The Morgan fingerprint density at radius 3 is 2.60 bits per heavy atom. The van der Waals surface area contributed by atoms with E-state index < -0.39 is 0 Å². The van der Waals surface area contributed by atoms with Gasteiger partial charge in [-0.15, -0.1) is 5.10 Å². The minimum absolute atomic E-state index is 0.128. The molecule has 1 atom stereocenters. The van der Waals surface area contributed by atoms with Gasteiger partial charge in [0.05, 0.1) is 22.4 Å². The van der Waals surface area contributed by atoms with Gasteiger partial charge in [-0.1, -0.05) is 29.8 Å². The summed E-state index contributed by atoms with van der Waals surface area (Å²) in [6, 6.07) is 12.7. The van der Waals surface area contributed by atoms with Gasteiger partial charge in [-0.25, -0.2) is 9.67 Å². The first-order valence-corrected chi connectivity index (χ1v) is 8.23. The van der Waals surface area contributed by atoms with E-state index in [4.69, 9.17) is 11.6 Å². The van der Waals surface area contributed by atoms with Crippen LogP contribution in [0.3, 0.4) is 0 Å². The summed E-state index contributed by atoms with van der Waals surface area (Å²) in [6.45, 7) is 3.70. The molecule has 7 heteroatoms. The average Bonchev–Trinajstić information content (AvgIpc) is 3.02. The lowest BCUT2D eigenvalue weighted by molar-refractivity contribution is 0.0727. The zero-order valence-corrected chi connectivity index (χ0v) is 15.0. The molecule has 0 aliphatic rings. The van der Waals surface area contributed by atoms with Crippen molar-refractivity contribution in [3.8, 4) is 5.69 Å². The molecule has 25 heavy (non-hydrogen) atoms. The van der Waals surface area contributed by atoms with E-state index in [-0.39, 0.29) is 17.8 Å². The van der Waals surface area contributed by atoms with E-state index in [1.54, 1.807) is 35.8 Å². The van der Waals surface area contributed by atoms with Crippen LogP contribution in [0.5, 0.6) is 0 Å². The Hall–Kier alpha value is -2.73. The lowest BCUT2D eigenvalue weighted by Crippen LogP contribution is -2.31. The highest BCUT2D eigenvalue weighted by Gasteiger charge is 2.24. The van der Waals surface area contributed by atoms with Crippen LogP contribution in [0.15, 0.2) is 48.7 Å². The molecule has 6 nitrogen and oxygen atoms in total. The molecule has 3 aromatic rings. The molecule has 0 radical (unpaired) electrons. The average molecular weight is 356 g/mol. The van der Waals surface area contributed by atoms with Crippen LogP contribution in [0, 0.1) is 6.92 Å². The number of aromatic nitrogens is 4. The Morgan fingerprint density at radius 2 is 1.92 bits per heavy atom. The molecule has 128 valence electrons. The van der Waals surface area contributed by atoms with Gasteiger partial charge >= 0.3 is 0 Å². The predicted octanol–water partition coefficient (Wildman–Crippen LogP) is 3.46. The molecule has 0 saturated heterocycles. The first-order valence-electron chi connectivity index (χ1n) is 7.85. The largest absolute Gasteiger partial charge is 0.331 e. The topological polar surface area (TPSA) is 63.9 Å². The first-order chi connectivity index (χ1) is 12.0. The highest BCUT2D eigenvalue weighted by Crippen LogP contribution is 2.21. The third-order valence-corrected chi connectivity index (χ3v) is 4.38. The highest BCUT2D eigenvalue weighted by atomic mass is 35.5. The van der Waals surface area contributed by atoms with Crippen molar-refractivity contribution in [1.29, 1.82) is 0 Å². The van der Waals surface area contributed by atoms with Crippen LogP contribution in [0.1, 0.15) is 35.1 Å². The van der Waals surface area contributed by atoms with Crippen molar-refractivity contribution in [2.24, 2.45) is 0 Å². The maximum Gasteiger partial charge on any atom is 0.293 e. The molecule has 2 aromatic heterocycles. The maximum absolute atomic E-state index is 12.8. The van der Waals surface area contributed by atoms with Gasteiger partial charge in [0.2, 0.25) is 5.82 Å². The number of pyridine rings is 1. The van der Waals surface area contributed by atoms with Crippen molar-refractivity contribution in [2.45, 2.75) is 19.9 Å². The number of halogens is 1. The summed E-state index contributed by atoms with van der Waals surface area (Å²) in [4.78, 5) is 23.0. The van der Waals surface area contributed by atoms with E-state index in [1.807, 2.05) is 43.3 Å². The number of carbonyl (C=O) groups is 1. The van der Waals surface area contributed by atoms with Gasteiger partial charge in [-0.2, -0.15) is 0 Å². The number of rotatable bonds is 4. The number of benzene rings is 1. The Kier molecular flexibility index (Phi) is 4.81. The van der Waals surface area contributed by atoms with Crippen molar-refractivity contribution in [1.82, 2.24) is 24.6 Å². The SMILES string of the molecule is Cc1nc(C(=O)N(C)[C@H](C)c2ccccn2)nn1-c1ccccc1Cl. The molecular weight excluding hydrogens is 338 g/mol. The number of aryl methyl sites for hydroxylation is 1. The second kappa shape index (κ2) is 7.03. The standard InChI is InChI=1S/C18H18ClN5O/c1-12(15-9-6-7-11-20-15)23(3)18(25)17-21-13(2)24(22-17)16-10-5-4-8-14(16)19/h4-12H,1-3H3/t12-/m1/s1. The lowest BCUT2D eigenvalue weighted by atomic mass is 10.2. The van der Waals surface area contributed by atoms with Gasteiger partial charge in [-0.05, 0) is 38.1 Å². The molecule has 0 unspecified atom stereocenters. The zero-order valence-electron chi connectivity index (χ0n) is 14.2. The summed E-state index contributed by atoms with van der Waals surface area (Å²) in [5.41, 5.74) is 1.49. The molecule has 0 spiro atoms. The number of hydrogen-bond acceptors (Lipinski definition) is 4. The van der Waals surface area contributed by atoms with E-state index >= 15 is 0 Å². The third-order valence-electron chi connectivity index (χ3n) is 4.06. The fourth-order valence-electron chi connectivity index (χ4n) is 2.49. The Bertz CT molecular complexity index is 893. The summed E-state index contributed by atoms with van der Waals surface area (Å²) in [7, 11) is 1.72. The molecule has 2 heterocycles. The van der Waals surface area contributed by atoms with Gasteiger partial charge in [0.15, 0.2) is 0 Å². The molecule has 1 aromatic carbocycles. The van der Waals surface area contributed by atoms with Crippen LogP contribution in [-0.2, 0) is 0 Å². The number of para-hydroxylation sites is 1. The number of carbonyl (C=O) groups excluding carboxylic acids is 1. The van der Waals surface area contributed by atoms with E-state index in [0.717, 1.165) is 5.69 Å². The van der Waals surface area contributed by atoms with Gasteiger partial charge in [0.1, 0.15) is 5.82 Å². The Morgan fingerprint density at radius 1 is 1.20 bits per heavy atom. The first kappa shape index (κ1) is 17.1. The Labute approximate surface area is 151 Å². The smallest absolute Gasteiger partial charge is 0.293 e. The third kappa shape index (κ3) is 3.39. The molecule has 0 aliphatic carbocycles. The fraction of sp³-hybridized carbons (Fsp3) is 0.222. The summed E-state index contributed by atoms with van der Waals surface area (Å²) >= 11 is 6.22. The predicted molar refractivity (Wildman–Crippen MR) is 95.9 cm³/mol. The minimum atomic E-state index is -0.271. The fourth-order valence-corrected chi connectivity index (χ4v) is 2.70. The van der Waals surface area contributed by atoms with Crippen LogP contribution in [0.4, 0.5) is 0 Å². The van der Waals surface area contributed by atoms with E-state index in [2.05, 4.69) is 15.1 Å². The molecule has 3 rings (SSSR count). The summed E-state index contributed by atoms with van der Waals surface area (Å²) < 4.78 is 1.58. The van der Waals surface area contributed by atoms with Gasteiger partial charge in [0, 0.05) is 13.2 Å². The molecule has 1 amide bonds. The molecule has 0 aliphatic heterocycles. The molecule has 0 saturated carbocycles. The number of amides is 1. The number of nitrogens with zero attached hydrogens (tertiary/aromatic N) is 5. The molecule has 0 N–H and O–H groups in total. The summed E-state index contributed by atoms with van der Waals surface area (Å²) in [6.07, 6.45) is 1.71. The second-order valence-electron chi connectivity index (χ2n) is 5.69. The number of hydrogen-bond donors (Lipinski definition) is 0. The van der Waals surface area contributed by atoms with Gasteiger partial charge in [-0.3, -0.25) is 9.78 Å². The second-order valence-corrected chi connectivity index (χ2v) is 6.10. The van der Waals surface area contributed by atoms with Crippen LogP contribution >= 0.6 is 11.6 Å². The van der Waals surface area contributed by atoms with Crippen molar-refractivity contribution >= 4 is 17.5 Å². The van der Waals surface area contributed by atoms with Crippen LogP contribution in [0.2, 0.25) is 5.02 Å². The van der Waals surface area contributed by atoms with Crippen LogP contribution in [-0.4, -0.2) is 37.6 Å². The monoisotopic (exact) mass is 355 g/mol. The molecule has 0 bridgehead atoms. The van der Waals surface area contributed by atoms with Gasteiger partial charge in [0.25, 0.3) is 5.91 Å². The Balaban J connectivity index is 1.89. The quantitative estimate of drug-likeness (QED) is 0.719.